The molecule has 3 aromatic rings. The van der Waals surface area contributed by atoms with Crippen LogP contribution in [0.3, 0.4) is 0 Å². The van der Waals surface area contributed by atoms with Gasteiger partial charge in [-0.05, 0) is 38.0 Å². The summed E-state index contributed by atoms with van der Waals surface area (Å²) < 4.78 is 1.73. The van der Waals surface area contributed by atoms with Crippen molar-refractivity contribution < 1.29 is 0 Å². The number of rotatable bonds is 3. The normalized spacial score (nSPS) is 12.8. The number of pyridine rings is 1. The minimum atomic E-state index is -0.111. The Balaban J connectivity index is 2.39. The van der Waals surface area contributed by atoms with E-state index < -0.39 is 0 Å². The van der Waals surface area contributed by atoms with Gasteiger partial charge in [0.05, 0.1) is 0 Å². The van der Waals surface area contributed by atoms with E-state index in [4.69, 9.17) is 23.2 Å². The molecular weight excluding hydrogens is 357 g/mol. The van der Waals surface area contributed by atoms with E-state index in [9.17, 15) is 4.79 Å². The van der Waals surface area contributed by atoms with Crippen molar-refractivity contribution in [1.29, 1.82) is 0 Å². The molecule has 0 N–H and O–H groups in total. The second kappa shape index (κ2) is 6.77. The maximum Gasteiger partial charge on any atom is 0.273 e. The van der Waals surface area contributed by atoms with Gasteiger partial charge in [-0.2, -0.15) is 0 Å². The molecule has 130 valence electrons. The second-order valence-electron chi connectivity index (χ2n) is 6.51. The Hall–Kier alpha value is -1.91. The number of aromatic nitrogens is 3. The van der Waals surface area contributed by atoms with Crippen molar-refractivity contribution in [3.8, 4) is 11.1 Å². The Kier molecular flexibility index (Phi) is 4.85. The number of nitrogens with zero attached hydrogens (tertiary/aromatic N) is 3. The third kappa shape index (κ3) is 3.16. The molecule has 0 saturated carbocycles. The van der Waals surface area contributed by atoms with Crippen LogP contribution in [0.25, 0.3) is 22.3 Å². The van der Waals surface area contributed by atoms with Crippen LogP contribution in [0.15, 0.2) is 35.3 Å². The van der Waals surface area contributed by atoms with Crippen LogP contribution >= 0.6 is 23.2 Å². The molecule has 6 heteroatoms. The van der Waals surface area contributed by atoms with Crippen molar-refractivity contribution >= 4 is 34.4 Å². The lowest BCUT2D eigenvalue weighted by Gasteiger charge is -2.21. The lowest BCUT2D eigenvalue weighted by molar-refractivity contribution is 0.405. The number of hydrogen-bond acceptors (Lipinski definition) is 3. The zero-order valence-electron chi connectivity index (χ0n) is 14.5. The topological polar surface area (TPSA) is 47.8 Å². The minimum absolute atomic E-state index is 0.000129. The molecule has 25 heavy (non-hydrogen) atoms. The smallest absolute Gasteiger partial charge is 0.273 e. The highest BCUT2D eigenvalue weighted by Crippen LogP contribution is 2.34. The zero-order valence-corrected chi connectivity index (χ0v) is 16.1. The summed E-state index contributed by atoms with van der Waals surface area (Å²) in [5.74, 6) is 0.285. The number of benzene rings is 1. The quantitative estimate of drug-likeness (QED) is 0.624. The van der Waals surface area contributed by atoms with Gasteiger partial charge in [0.15, 0.2) is 5.65 Å². The van der Waals surface area contributed by atoms with Gasteiger partial charge >= 0.3 is 0 Å². The maximum absolute atomic E-state index is 12.7. The number of hydrogen-bond donors (Lipinski definition) is 0. The average molecular weight is 376 g/mol. The van der Waals surface area contributed by atoms with E-state index in [1.54, 1.807) is 29.8 Å². The van der Waals surface area contributed by atoms with E-state index in [-0.39, 0.29) is 17.5 Å². The largest absolute Gasteiger partial charge is 0.287 e. The van der Waals surface area contributed by atoms with Gasteiger partial charge in [-0.25, -0.2) is 9.97 Å². The summed E-state index contributed by atoms with van der Waals surface area (Å²) >= 11 is 12.4. The van der Waals surface area contributed by atoms with E-state index in [1.165, 1.54) is 0 Å². The van der Waals surface area contributed by atoms with Crippen LogP contribution in [0, 0.1) is 12.8 Å². The molecule has 0 bridgehead atoms. The van der Waals surface area contributed by atoms with Gasteiger partial charge in [-0.3, -0.25) is 9.36 Å². The first-order valence-electron chi connectivity index (χ1n) is 8.14. The highest BCUT2D eigenvalue weighted by atomic mass is 35.5. The molecule has 2 aromatic heterocycles. The Morgan fingerprint density at radius 3 is 2.44 bits per heavy atom. The third-order valence-corrected chi connectivity index (χ3v) is 5.08. The molecule has 0 aliphatic heterocycles. The van der Waals surface area contributed by atoms with Crippen molar-refractivity contribution in [2.45, 2.75) is 33.7 Å². The maximum atomic E-state index is 12.7. The fourth-order valence-corrected chi connectivity index (χ4v) is 3.33. The average Bonchev–Trinajstić information content (AvgIpc) is 2.55. The number of fused-ring (bicyclic) bond motifs is 1. The Labute approximate surface area is 156 Å². The fraction of sp³-hybridized carbons (Fsp3) is 0.316. The van der Waals surface area contributed by atoms with Gasteiger partial charge in [0.2, 0.25) is 0 Å². The summed E-state index contributed by atoms with van der Waals surface area (Å²) in [5.41, 5.74) is 3.21. The molecule has 0 fully saturated rings. The van der Waals surface area contributed by atoms with Crippen LogP contribution < -0.4 is 5.56 Å². The highest BCUT2D eigenvalue weighted by molar-refractivity contribution is 6.36. The zero-order chi connectivity index (χ0) is 18.3. The lowest BCUT2D eigenvalue weighted by Crippen LogP contribution is -2.29. The summed E-state index contributed by atoms with van der Waals surface area (Å²) in [6.07, 6.45) is 1.68. The first-order valence-corrected chi connectivity index (χ1v) is 8.90. The van der Waals surface area contributed by atoms with E-state index in [2.05, 4.69) is 23.8 Å². The molecule has 0 unspecified atom stereocenters. The Bertz CT molecular complexity index is 1010. The number of aryl methyl sites for hydroxylation is 1. The molecule has 0 radical (unpaired) electrons. The molecule has 0 amide bonds. The van der Waals surface area contributed by atoms with Crippen molar-refractivity contribution in [3.05, 3.63) is 56.6 Å². The van der Waals surface area contributed by atoms with Crippen molar-refractivity contribution in [1.82, 2.24) is 14.5 Å². The van der Waals surface area contributed by atoms with E-state index in [0.29, 0.717) is 26.9 Å². The van der Waals surface area contributed by atoms with Crippen molar-refractivity contribution in [2.24, 2.45) is 5.92 Å². The summed E-state index contributed by atoms with van der Waals surface area (Å²) in [6.45, 7) is 7.91. The van der Waals surface area contributed by atoms with Gasteiger partial charge in [0, 0.05) is 33.4 Å². The van der Waals surface area contributed by atoms with Crippen molar-refractivity contribution in [2.75, 3.05) is 0 Å². The van der Waals surface area contributed by atoms with E-state index >= 15 is 0 Å². The van der Waals surface area contributed by atoms with Gasteiger partial charge in [0.25, 0.3) is 5.56 Å². The minimum Gasteiger partial charge on any atom is -0.287 e. The van der Waals surface area contributed by atoms with Crippen LogP contribution in [-0.2, 0) is 0 Å². The first-order chi connectivity index (χ1) is 11.8. The molecule has 4 nitrogen and oxygen atoms in total. The van der Waals surface area contributed by atoms with Crippen LogP contribution in [-0.4, -0.2) is 14.5 Å². The number of halogens is 2. The monoisotopic (exact) mass is 375 g/mol. The standard InChI is InChI=1S/C19H19Cl2N3O/c1-10(2)12(4)24-18-17(23-11(3)19(24)25)15(7-8-22-18)14-6-5-13(20)9-16(14)21/h5-10,12H,1-4H3/t12-/m0/s1. The predicted molar refractivity (Wildman–Crippen MR) is 104 cm³/mol. The second-order valence-corrected chi connectivity index (χ2v) is 7.36. The summed E-state index contributed by atoms with van der Waals surface area (Å²) in [4.78, 5) is 21.7. The fourth-order valence-electron chi connectivity index (χ4n) is 2.82. The lowest BCUT2D eigenvalue weighted by atomic mass is 10.0. The Morgan fingerprint density at radius 1 is 1.08 bits per heavy atom. The summed E-state index contributed by atoms with van der Waals surface area (Å²) in [5, 5.41) is 1.11. The molecule has 0 spiro atoms. The molecule has 0 aliphatic carbocycles. The molecule has 1 atom stereocenters. The van der Waals surface area contributed by atoms with E-state index in [1.807, 2.05) is 19.1 Å². The molecule has 1 aromatic carbocycles. The SMILES string of the molecule is Cc1nc2c(-c3ccc(Cl)cc3Cl)ccnc2n([C@@H](C)C(C)C)c1=O. The van der Waals surface area contributed by atoms with Crippen molar-refractivity contribution in [3.63, 3.8) is 0 Å². The summed E-state index contributed by atoms with van der Waals surface area (Å²) in [6, 6.07) is 7.20. The van der Waals surface area contributed by atoms with Crippen LogP contribution in [0.1, 0.15) is 32.5 Å². The molecule has 3 rings (SSSR count). The molecule has 0 saturated heterocycles. The molecule has 2 heterocycles. The molecule has 0 aliphatic rings. The van der Waals surface area contributed by atoms with Crippen LogP contribution in [0.2, 0.25) is 10.0 Å². The van der Waals surface area contributed by atoms with Gasteiger partial charge < -0.3 is 0 Å². The first kappa shape index (κ1) is 17.9. The van der Waals surface area contributed by atoms with Gasteiger partial charge in [-0.1, -0.05) is 43.1 Å². The van der Waals surface area contributed by atoms with Crippen LogP contribution in [0.5, 0.6) is 0 Å². The van der Waals surface area contributed by atoms with Gasteiger partial charge in [0.1, 0.15) is 11.2 Å². The van der Waals surface area contributed by atoms with Crippen LogP contribution in [0.4, 0.5) is 0 Å². The third-order valence-electron chi connectivity index (χ3n) is 4.53. The molecular formula is C19H19Cl2N3O. The summed E-state index contributed by atoms with van der Waals surface area (Å²) in [7, 11) is 0. The highest BCUT2D eigenvalue weighted by Gasteiger charge is 2.20. The predicted octanol–water partition coefficient (Wildman–Crippen LogP) is 5.29. The Morgan fingerprint density at radius 2 is 1.80 bits per heavy atom. The van der Waals surface area contributed by atoms with E-state index in [0.717, 1.165) is 11.1 Å². The van der Waals surface area contributed by atoms with Gasteiger partial charge in [-0.15, -0.1) is 0 Å².